The van der Waals surface area contributed by atoms with E-state index in [1.54, 1.807) is 0 Å². The van der Waals surface area contributed by atoms with Gasteiger partial charge in [-0.3, -0.25) is 9.69 Å². The van der Waals surface area contributed by atoms with Gasteiger partial charge in [0.1, 0.15) is 0 Å². The van der Waals surface area contributed by atoms with E-state index in [1.807, 2.05) is 17.8 Å². The Morgan fingerprint density at radius 2 is 1.68 bits per heavy atom. The summed E-state index contributed by atoms with van der Waals surface area (Å²) in [6, 6.07) is 14.7. The lowest BCUT2D eigenvalue weighted by Gasteiger charge is -2.36. The van der Waals surface area contributed by atoms with Crippen molar-refractivity contribution < 1.29 is 4.79 Å². The maximum Gasteiger partial charge on any atom is 0.231 e. The minimum atomic E-state index is -0.243. The summed E-state index contributed by atoms with van der Waals surface area (Å²) in [5.74, 6) is -0.243. The molecule has 2 aliphatic heterocycles. The monoisotopic (exact) mass is 416 g/mol. The van der Waals surface area contributed by atoms with E-state index in [-0.39, 0.29) is 5.91 Å². The lowest BCUT2D eigenvalue weighted by molar-refractivity contribution is -0.119. The molecule has 0 saturated carbocycles. The van der Waals surface area contributed by atoms with Crippen LogP contribution in [0.3, 0.4) is 0 Å². The first-order valence-electron chi connectivity index (χ1n) is 9.67. The van der Waals surface area contributed by atoms with E-state index in [9.17, 15) is 4.79 Å². The van der Waals surface area contributed by atoms with Gasteiger partial charge in [-0.1, -0.05) is 35.5 Å². The number of fused-ring (bicyclic) bond motifs is 2. The zero-order valence-electron chi connectivity index (χ0n) is 15.8. The van der Waals surface area contributed by atoms with Crippen molar-refractivity contribution in [3.8, 4) is 0 Å². The van der Waals surface area contributed by atoms with Crippen LogP contribution in [0, 0.1) is 0 Å². The van der Waals surface area contributed by atoms with E-state index >= 15 is 0 Å². The lowest BCUT2D eigenvalue weighted by atomic mass is 10.2. The normalized spacial score (nSPS) is 17.2. The molecule has 1 saturated heterocycles. The van der Waals surface area contributed by atoms with Crippen LogP contribution in [0.15, 0.2) is 52.3 Å². The van der Waals surface area contributed by atoms with Crippen molar-refractivity contribution in [2.45, 2.75) is 16.2 Å². The van der Waals surface area contributed by atoms with Crippen molar-refractivity contribution in [2.75, 3.05) is 50.7 Å². The Bertz CT molecular complexity index is 854. The first-order valence-corrected chi connectivity index (χ1v) is 10.9. The molecular formula is C21H25ClN4OS. The average molecular weight is 417 g/mol. The van der Waals surface area contributed by atoms with Crippen LogP contribution in [0.25, 0.3) is 0 Å². The fourth-order valence-corrected chi connectivity index (χ4v) is 5.13. The minimum absolute atomic E-state index is 0.243. The fourth-order valence-electron chi connectivity index (χ4n) is 3.89. The summed E-state index contributed by atoms with van der Waals surface area (Å²) < 4.78 is 0. The zero-order valence-corrected chi connectivity index (χ0v) is 17.4. The Morgan fingerprint density at radius 1 is 0.964 bits per heavy atom. The number of hydrogen-bond acceptors (Lipinski definition) is 5. The summed E-state index contributed by atoms with van der Waals surface area (Å²) in [5.41, 5.74) is 7.75. The predicted octanol–water partition coefficient (Wildman–Crippen LogP) is 3.44. The van der Waals surface area contributed by atoms with Crippen LogP contribution < -0.4 is 10.6 Å². The molecule has 1 amide bonds. The number of nitrogens with zero attached hydrogens (tertiary/aromatic N) is 3. The van der Waals surface area contributed by atoms with Crippen LogP contribution >= 0.6 is 23.4 Å². The Labute approximate surface area is 175 Å². The molecule has 2 aliphatic rings. The van der Waals surface area contributed by atoms with Gasteiger partial charge in [-0.2, -0.15) is 0 Å². The zero-order chi connectivity index (χ0) is 19.5. The second kappa shape index (κ2) is 8.74. The molecule has 0 bridgehead atoms. The summed E-state index contributed by atoms with van der Waals surface area (Å²) in [5, 5.41) is 0.773. The van der Waals surface area contributed by atoms with E-state index in [2.05, 4.69) is 51.1 Å². The molecule has 2 aromatic rings. The number of carbonyl (C=O) groups excluding carboxylic acids is 1. The Kier molecular flexibility index (Phi) is 6.11. The summed E-state index contributed by atoms with van der Waals surface area (Å²) in [6.07, 6.45) is 1.07. The molecule has 2 N–H and O–H groups in total. The molecular weight excluding hydrogens is 392 g/mol. The molecule has 7 heteroatoms. The van der Waals surface area contributed by atoms with Gasteiger partial charge in [0.25, 0.3) is 0 Å². The number of piperazine rings is 1. The smallest absolute Gasteiger partial charge is 0.231 e. The van der Waals surface area contributed by atoms with Gasteiger partial charge in [0.2, 0.25) is 5.91 Å². The third kappa shape index (κ3) is 4.46. The molecule has 5 nitrogen and oxygen atoms in total. The summed E-state index contributed by atoms with van der Waals surface area (Å²) in [7, 11) is 0. The molecule has 2 heterocycles. The standard InChI is InChI=1S/C21H25ClN4OS/c22-16-6-7-20-18(14-16)26(17-4-1-2-5-19(17)28-20)9-3-8-24-10-12-25(13-11-24)15-21(23)27/h1-2,4-7,14H,3,8-13,15H2,(H2,23,27). The molecule has 148 valence electrons. The van der Waals surface area contributed by atoms with Gasteiger partial charge in [0, 0.05) is 47.5 Å². The number of amides is 1. The Balaban J connectivity index is 1.39. The first kappa shape index (κ1) is 19.6. The van der Waals surface area contributed by atoms with E-state index < -0.39 is 0 Å². The highest BCUT2D eigenvalue weighted by Crippen LogP contribution is 2.48. The van der Waals surface area contributed by atoms with E-state index in [0.29, 0.717) is 6.54 Å². The summed E-state index contributed by atoms with van der Waals surface area (Å²) >= 11 is 8.10. The van der Waals surface area contributed by atoms with Crippen LogP contribution in [0.1, 0.15) is 6.42 Å². The second-order valence-electron chi connectivity index (χ2n) is 7.27. The Hall–Kier alpha value is -1.73. The number of carbonyl (C=O) groups is 1. The number of rotatable bonds is 6. The van der Waals surface area contributed by atoms with Gasteiger partial charge in [-0.25, -0.2) is 0 Å². The Morgan fingerprint density at radius 3 is 2.46 bits per heavy atom. The number of nitrogens with two attached hydrogens (primary N) is 1. The summed E-state index contributed by atoms with van der Waals surface area (Å²) in [4.78, 5) is 20.6. The first-order chi connectivity index (χ1) is 13.6. The third-order valence-electron chi connectivity index (χ3n) is 5.29. The van der Waals surface area contributed by atoms with Crippen molar-refractivity contribution in [3.05, 3.63) is 47.5 Å². The van der Waals surface area contributed by atoms with Crippen molar-refractivity contribution in [2.24, 2.45) is 5.73 Å². The van der Waals surface area contributed by atoms with Crippen molar-refractivity contribution >= 4 is 40.6 Å². The maximum absolute atomic E-state index is 11.1. The number of para-hydroxylation sites is 1. The number of hydrogen-bond donors (Lipinski definition) is 1. The van der Waals surface area contributed by atoms with Crippen molar-refractivity contribution in [1.82, 2.24) is 9.80 Å². The van der Waals surface area contributed by atoms with Gasteiger partial charge in [0.05, 0.1) is 17.9 Å². The average Bonchev–Trinajstić information content (AvgIpc) is 2.68. The highest BCUT2D eigenvalue weighted by molar-refractivity contribution is 7.99. The molecule has 0 aliphatic carbocycles. The SMILES string of the molecule is NC(=O)CN1CCN(CCCN2c3ccccc3Sc3ccc(Cl)cc32)CC1. The maximum atomic E-state index is 11.1. The van der Waals surface area contributed by atoms with Gasteiger partial charge >= 0.3 is 0 Å². The van der Waals surface area contributed by atoms with Gasteiger partial charge in [0.15, 0.2) is 0 Å². The largest absolute Gasteiger partial charge is 0.369 e. The topological polar surface area (TPSA) is 52.8 Å². The van der Waals surface area contributed by atoms with Gasteiger partial charge in [-0.05, 0) is 43.3 Å². The molecule has 4 rings (SSSR count). The molecule has 0 radical (unpaired) electrons. The highest BCUT2D eigenvalue weighted by Gasteiger charge is 2.24. The quantitative estimate of drug-likeness (QED) is 0.781. The molecule has 1 fully saturated rings. The van der Waals surface area contributed by atoms with Crippen LogP contribution in [-0.4, -0.2) is 61.5 Å². The molecule has 0 unspecified atom stereocenters. The van der Waals surface area contributed by atoms with E-state index in [4.69, 9.17) is 17.3 Å². The van der Waals surface area contributed by atoms with Crippen LogP contribution in [0.5, 0.6) is 0 Å². The molecule has 2 aromatic carbocycles. The van der Waals surface area contributed by atoms with Crippen LogP contribution in [0.2, 0.25) is 5.02 Å². The predicted molar refractivity (Wildman–Crippen MR) is 116 cm³/mol. The minimum Gasteiger partial charge on any atom is -0.369 e. The van der Waals surface area contributed by atoms with E-state index in [0.717, 1.165) is 50.7 Å². The molecule has 0 spiro atoms. The third-order valence-corrected chi connectivity index (χ3v) is 6.65. The second-order valence-corrected chi connectivity index (χ2v) is 8.79. The van der Waals surface area contributed by atoms with E-state index in [1.165, 1.54) is 21.2 Å². The van der Waals surface area contributed by atoms with Crippen LogP contribution in [-0.2, 0) is 4.79 Å². The molecule has 28 heavy (non-hydrogen) atoms. The number of benzene rings is 2. The number of primary amides is 1. The highest BCUT2D eigenvalue weighted by atomic mass is 35.5. The van der Waals surface area contributed by atoms with Crippen molar-refractivity contribution in [1.29, 1.82) is 0 Å². The van der Waals surface area contributed by atoms with Gasteiger partial charge in [-0.15, -0.1) is 0 Å². The summed E-state index contributed by atoms with van der Waals surface area (Å²) in [6.45, 7) is 6.16. The molecule has 0 atom stereocenters. The van der Waals surface area contributed by atoms with Crippen LogP contribution in [0.4, 0.5) is 11.4 Å². The van der Waals surface area contributed by atoms with Crippen molar-refractivity contribution in [3.63, 3.8) is 0 Å². The molecule has 0 aromatic heterocycles. The van der Waals surface area contributed by atoms with Gasteiger partial charge < -0.3 is 15.5 Å². The fraction of sp³-hybridized carbons (Fsp3) is 0.381. The lowest BCUT2D eigenvalue weighted by Crippen LogP contribution is -2.49. The number of halogens is 1. The number of anilines is 2.